The lowest BCUT2D eigenvalue weighted by molar-refractivity contribution is 0.918. The van der Waals surface area contributed by atoms with Crippen LogP contribution in [0.25, 0.3) is 10.8 Å². The summed E-state index contributed by atoms with van der Waals surface area (Å²) in [6, 6.07) is 30.3. The van der Waals surface area contributed by atoms with Crippen molar-refractivity contribution in [3.63, 3.8) is 0 Å². The van der Waals surface area contributed by atoms with Gasteiger partial charge in [-0.25, -0.2) is 15.0 Å². The summed E-state index contributed by atoms with van der Waals surface area (Å²) in [7, 11) is 0. The topological polar surface area (TPSA) is 80.0 Å². The number of anilines is 5. The summed E-state index contributed by atoms with van der Waals surface area (Å²) in [6.45, 7) is 0.576. The molecule has 0 aliphatic rings. The number of nitrogens with zero attached hydrogens (tertiary/aromatic N) is 4. The van der Waals surface area contributed by atoms with Crippen molar-refractivity contribution in [2.75, 3.05) is 16.0 Å². The van der Waals surface area contributed by atoms with Crippen molar-refractivity contribution in [1.29, 1.82) is 0 Å². The Labute approximate surface area is 186 Å². The number of aromatic nitrogens is 3. The van der Waals surface area contributed by atoms with Gasteiger partial charge in [-0.1, -0.05) is 72.8 Å². The summed E-state index contributed by atoms with van der Waals surface area (Å²) in [6.07, 6.45) is 3.29. The van der Waals surface area contributed by atoms with Gasteiger partial charge in [-0.2, -0.15) is 0 Å². The number of rotatable bonds is 6. The SMILES string of the molecule is Nc1c(Nc2cccc3ccccc23)ncnc1N(Cc1ccccc1)c1ccccn1. The number of hydrogen-bond acceptors (Lipinski definition) is 6. The number of nitrogens with two attached hydrogens (primary N) is 1. The molecule has 5 rings (SSSR count). The first kappa shape index (κ1) is 19.5. The monoisotopic (exact) mass is 418 g/mol. The fourth-order valence-electron chi connectivity index (χ4n) is 3.71. The average Bonchev–Trinajstić information content (AvgIpc) is 2.85. The van der Waals surface area contributed by atoms with Crippen LogP contribution in [-0.2, 0) is 6.54 Å². The quantitative estimate of drug-likeness (QED) is 0.369. The van der Waals surface area contributed by atoms with Gasteiger partial charge in [-0.15, -0.1) is 0 Å². The lowest BCUT2D eigenvalue weighted by atomic mass is 10.1. The third-order valence-electron chi connectivity index (χ3n) is 5.27. The zero-order chi connectivity index (χ0) is 21.8. The Hall–Kier alpha value is -4.45. The van der Waals surface area contributed by atoms with Crippen molar-refractivity contribution in [3.05, 3.63) is 109 Å². The van der Waals surface area contributed by atoms with E-state index in [-0.39, 0.29) is 0 Å². The summed E-state index contributed by atoms with van der Waals surface area (Å²) < 4.78 is 0. The summed E-state index contributed by atoms with van der Waals surface area (Å²) in [5, 5.41) is 5.64. The van der Waals surface area contributed by atoms with E-state index in [9.17, 15) is 0 Å². The zero-order valence-corrected chi connectivity index (χ0v) is 17.4. The highest BCUT2D eigenvalue weighted by Crippen LogP contribution is 2.34. The molecule has 0 atom stereocenters. The molecule has 156 valence electrons. The number of fused-ring (bicyclic) bond motifs is 1. The Bertz CT molecular complexity index is 1330. The molecule has 2 aromatic heterocycles. The number of nitrogen functional groups attached to an aromatic ring is 1. The molecule has 0 bridgehead atoms. The van der Waals surface area contributed by atoms with Gasteiger partial charge in [-0.3, -0.25) is 0 Å². The zero-order valence-electron chi connectivity index (χ0n) is 17.4. The lowest BCUT2D eigenvalue weighted by Gasteiger charge is -2.25. The van der Waals surface area contributed by atoms with E-state index in [4.69, 9.17) is 5.73 Å². The molecule has 0 radical (unpaired) electrons. The molecule has 0 unspecified atom stereocenters. The van der Waals surface area contributed by atoms with Crippen LogP contribution in [0.4, 0.5) is 28.8 Å². The second kappa shape index (κ2) is 8.73. The van der Waals surface area contributed by atoms with Crippen LogP contribution < -0.4 is 16.0 Å². The maximum absolute atomic E-state index is 6.61. The second-order valence-corrected chi connectivity index (χ2v) is 7.37. The smallest absolute Gasteiger partial charge is 0.163 e. The summed E-state index contributed by atoms with van der Waals surface area (Å²) in [4.78, 5) is 15.5. The van der Waals surface area contributed by atoms with Crippen molar-refractivity contribution in [3.8, 4) is 0 Å². The van der Waals surface area contributed by atoms with Crippen molar-refractivity contribution >= 4 is 39.6 Å². The van der Waals surface area contributed by atoms with Gasteiger partial charge < -0.3 is 16.0 Å². The van der Waals surface area contributed by atoms with Gasteiger partial charge in [0.1, 0.15) is 17.8 Å². The normalized spacial score (nSPS) is 10.8. The van der Waals surface area contributed by atoms with Crippen molar-refractivity contribution in [2.24, 2.45) is 0 Å². The first-order chi connectivity index (χ1) is 15.8. The molecule has 5 aromatic rings. The minimum absolute atomic E-state index is 0.460. The van der Waals surface area contributed by atoms with Gasteiger partial charge in [-0.05, 0) is 29.1 Å². The standard InChI is InChI=1S/C26H22N6/c27-24-25(31-22-14-8-12-20-11-4-5-13-21(20)22)29-18-30-26(24)32(23-15-6-7-16-28-23)17-19-9-2-1-3-10-19/h1-16,18H,17,27H2,(H,29,30,31). The summed E-state index contributed by atoms with van der Waals surface area (Å²) in [5.74, 6) is 1.92. The molecule has 0 aliphatic carbocycles. The Kier molecular flexibility index (Phi) is 5.32. The molecule has 3 aromatic carbocycles. The number of hydrogen-bond donors (Lipinski definition) is 2. The van der Waals surface area contributed by atoms with Crippen molar-refractivity contribution < 1.29 is 0 Å². The van der Waals surface area contributed by atoms with E-state index in [2.05, 4.69) is 50.6 Å². The highest BCUT2D eigenvalue weighted by Gasteiger charge is 2.19. The maximum Gasteiger partial charge on any atom is 0.163 e. The maximum atomic E-state index is 6.61. The first-order valence-corrected chi connectivity index (χ1v) is 10.4. The van der Waals surface area contributed by atoms with Crippen LogP contribution in [0.1, 0.15) is 5.56 Å². The van der Waals surface area contributed by atoms with Gasteiger partial charge in [0.25, 0.3) is 0 Å². The molecular formula is C26H22N6. The number of nitrogens with one attached hydrogen (secondary N) is 1. The molecule has 3 N–H and O–H groups in total. The Morgan fingerprint density at radius 1 is 0.750 bits per heavy atom. The average molecular weight is 419 g/mol. The third-order valence-corrected chi connectivity index (χ3v) is 5.27. The number of benzene rings is 3. The van der Waals surface area contributed by atoms with Crippen LogP contribution >= 0.6 is 0 Å². The Balaban J connectivity index is 1.55. The van der Waals surface area contributed by atoms with Crippen LogP contribution in [0.15, 0.2) is 104 Å². The van der Waals surface area contributed by atoms with Crippen LogP contribution in [-0.4, -0.2) is 15.0 Å². The highest BCUT2D eigenvalue weighted by atomic mass is 15.3. The van der Waals surface area contributed by atoms with E-state index in [1.807, 2.05) is 65.6 Å². The first-order valence-electron chi connectivity index (χ1n) is 10.4. The minimum Gasteiger partial charge on any atom is -0.393 e. The fraction of sp³-hybridized carbons (Fsp3) is 0.0385. The molecule has 6 heteroatoms. The summed E-state index contributed by atoms with van der Waals surface area (Å²) >= 11 is 0. The van der Waals surface area contributed by atoms with Gasteiger partial charge in [0.15, 0.2) is 11.6 Å². The van der Waals surface area contributed by atoms with E-state index in [1.165, 1.54) is 6.33 Å². The van der Waals surface area contributed by atoms with Crippen molar-refractivity contribution in [1.82, 2.24) is 15.0 Å². The predicted molar refractivity (Wildman–Crippen MR) is 130 cm³/mol. The predicted octanol–water partition coefficient (Wildman–Crippen LogP) is 5.69. The number of pyridine rings is 1. The van der Waals surface area contributed by atoms with Crippen LogP contribution in [0.3, 0.4) is 0 Å². The molecule has 32 heavy (non-hydrogen) atoms. The van der Waals surface area contributed by atoms with Gasteiger partial charge in [0, 0.05) is 17.3 Å². The summed E-state index contributed by atoms with van der Waals surface area (Å²) in [5.41, 5.74) is 9.13. The molecule has 0 aliphatic heterocycles. The molecule has 0 fully saturated rings. The van der Waals surface area contributed by atoms with Crippen LogP contribution in [0.2, 0.25) is 0 Å². The van der Waals surface area contributed by atoms with Gasteiger partial charge in [0.05, 0.1) is 6.54 Å². The molecule has 2 heterocycles. The molecule has 0 saturated carbocycles. The van der Waals surface area contributed by atoms with E-state index in [0.29, 0.717) is 23.9 Å². The Morgan fingerprint density at radius 3 is 2.38 bits per heavy atom. The highest BCUT2D eigenvalue weighted by molar-refractivity contribution is 5.96. The van der Waals surface area contributed by atoms with E-state index in [0.717, 1.165) is 27.8 Å². The van der Waals surface area contributed by atoms with Crippen LogP contribution in [0, 0.1) is 0 Å². The largest absolute Gasteiger partial charge is 0.393 e. The minimum atomic E-state index is 0.460. The molecule has 0 spiro atoms. The van der Waals surface area contributed by atoms with Gasteiger partial charge in [0.2, 0.25) is 0 Å². The molecule has 0 amide bonds. The van der Waals surface area contributed by atoms with E-state index in [1.54, 1.807) is 6.20 Å². The molecular weight excluding hydrogens is 396 g/mol. The lowest BCUT2D eigenvalue weighted by Crippen LogP contribution is -2.21. The van der Waals surface area contributed by atoms with Gasteiger partial charge >= 0.3 is 0 Å². The Morgan fingerprint density at radius 2 is 1.53 bits per heavy atom. The molecule has 0 saturated heterocycles. The van der Waals surface area contributed by atoms with Crippen molar-refractivity contribution in [2.45, 2.75) is 6.54 Å². The fourth-order valence-corrected chi connectivity index (χ4v) is 3.71. The van der Waals surface area contributed by atoms with Crippen LogP contribution in [0.5, 0.6) is 0 Å². The second-order valence-electron chi connectivity index (χ2n) is 7.37. The molecule has 6 nitrogen and oxygen atoms in total. The van der Waals surface area contributed by atoms with E-state index < -0.39 is 0 Å². The van der Waals surface area contributed by atoms with E-state index >= 15 is 0 Å². The third kappa shape index (κ3) is 3.94.